The number of halogens is 1. The molecule has 2 aromatic carbocycles. The van der Waals surface area contributed by atoms with Crippen molar-refractivity contribution in [1.82, 2.24) is 35.8 Å². The Labute approximate surface area is 278 Å². The third-order valence-corrected chi connectivity index (χ3v) is 9.70. The number of nitrogens with one attached hydrogen (secondary N) is 5. The summed E-state index contributed by atoms with van der Waals surface area (Å²) in [4.78, 5) is 67.0. The monoisotopic (exact) mass is 657 g/mol. The van der Waals surface area contributed by atoms with Gasteiger partial charge in [0.1, 0.15) is 23.7 Å². The summed E-state index contributed by atoms with van der Waals surface area (Å²) in [5.74, 6) is -0.619. The molecular formula is C36H44FN7O4. The van der Waals surface area contributed by atoms with Crippen LogP contribution in [0.5, 0.6) is 0 Å². The van der Waals surface area contributed by atoms with Crippen LogP contribution in [-0.2, 0) is 32.0 Å². The van der Waals surface area contributed by atoms with Gasteiger partial charge in [0.15, 0.2) is 0 Å². The smallest absolute Gasteiger partial charge is 0.246 e. The van der Waals surface area contributed by atoms with Gasteiger partial charge in [0.2, 0.25) is 23.6 Å². The number of carbonyl (C=O) groups is 4. The molecular weight excluding hydrogens is 613 g/mol. The molecule has 4 heterocycles. The molecule has 2 saturated heterocycles. The van der Waals surface area contributed by atoms with Gasteiger partial charge < -0.3 is 30.8 Å². The van der Waals surface area contributed by atoms with Gasteiger partial charge in [-0.3, -0.25) is 19.2 Å². The third-order valence-electron chi connectivity index (χ3n) is 9.70. The van der Waals surface area contributed by atoms with Crippen LogP contribution >= 0.6 is 0 Å². The van der Waals surface area contributed by atoms with Gasteiger partial charge in [0.25, 0.3) is 0 Å². The zero-order chi connectivity index (χ0) is 33.9. The molecule has 4 aromatic rings. The first-order chi connectivity index (χ1) is 23.0. The van der Waals surface area contributed by atoms with Gasteiger partial charge in [0, 0.05) is 61.4 Å². The fraction of sp³-hybridized carbons (Fsp3) is 0.472. The van der Waals surface area contributed by atoms with Crippen LogP contribution in [0.2, 0.25) is 0 Å². The van der Waals surface area contributed by atoms with Crippen LogP contribution in [0.3, 0.4) is 0 Å². The number of aromatic nitrogens is 3. The number of carbonyl (C=O) groups excluding carboxylic acids is 4. The molecule has 2 aliphatic heterocycles. The van der Waals surface area contributed by atoms with Crippen molar-refractivity contribution in [3.63, 3.8) is 0 Å². The summed E-state index contributed by atoms with van der Waals surface area (Å²) in [6.45, 7) is 6.26. The SMILES string of the molecule is CC(C)[C@@H]1CC[C@@H](C)CC(=O)N[C@H](Cc2c[nH]c3ccccc23)C(=O)N2C[C@H](NC(=O)CCc3nc4ccc(F)cc4[nH]3)C[C@H]2C(=O)N1. The summed E-state index contributed by atoms with van der Waals surface area (Å²) in [6, 6.07) is 9.80. The minimum Gasteiger partial charge on any atom is -0.361 e. The molecule has 254 valence electrons. The molecule has 2 aliphatic rings. The van der Waals surface area contributed by atoms with E-state index in [1.165, 1.54) is 17.0 Å². The number of para-hydroxylation sites is 1. The average molecular weight is 658 g/mol. The Balaban J connectivity index is 1.22. The van der Waals surface area contributed by atoms with E-state index in [0.717, 1.165) is 22.9 Å². The Morgan fingerprint density at radius 3 is 2.71 bits per heavy atom. The number of nitrogens with zero attached hydrogens (tertiary/aromatic N) is 2. The van der Waals surface area contributed by atoms with Crippen molar-refractivity contribution in [1.29, 1.82) is 0 Å². The number of fused-ring (bicyclic) bond motifs is 3. The molecule has 2 aromatic heterocycles. The lowest BCUT2D eigenvalue weighted by atomic mass is 9.92. The highest BCUT2D eigenvalue weighted by Gasteiger charge is 2.43. The molecule has 0 bridgehead atoms. The lowest BCUT2D eigenvalue weighted by Gasteiger charge is -2.30. The first kappa shape index (κ1) is 33.2. The van der Waals surface area contributed by atoms with E-state index < -0.39 is 18.1 Å². The van der Waals surface area contributed by atoms with Crippen LogP contribution in [-0.4, -0.2) is 74.2 Å². The first-order valence-electron chi connectivity index (χ1n) is 16.9. The Bertz CT molecular complexity index is 1820. The maximum atomic E-state index is 14.4. The van der Waals surface area contributed by atoms with Crippen molar-refractivity contribution in [2.24, 2.45) is 11.8 Å². The van der Waals surface area contributed by atoms with Crippen LogP contribution in [0.4, 0.5) is 4.39 Å². The minimum atomic E-state index is -0.895. The summed E-state index contributed by atoms with van der Waals surface area (Å²) in [7, 11) is 0. The Morgan fingerprint density at radius 2 is 1.90 bits per heavy atom. The highest BCUT2D eigenvalue weighted by Crippen LogP contribution is 2.26. The van der Waals surface area contributed by atoms with Crippen molar-refractivity contribution in [2.45, 2.75) is 89.9 Å². The number of hydrogen-bond donors (Lipinski definition) is 5. The maximum absolute atomic E-state index is 14.4. The van der Waals surface area contributed by atoms with Crippen molar-refractivity contribution in [3.8, 4) is 0 Å². The average Bonchev–Trinajstić information content (AvgIpc) is 3.77. The molecule has 2 fully saturated rings. The molecule has 6 rings (SSSR count). The standard InChI is InChI=1S/C36H44FN7O4/c1-20(2)26-10-8-21(3)14-34(46)42-30(15-22-18-38-27-7-5-4-6-25(22)27)36(48)44-19-24(17-31(44)35(47)43-26)39-33(45)13-12-32-40-28-11-9-23(37)16-29(28)41-32/h4-7,9,11,16,18,20-21,24,26,30-31,38H,8,10,12-15,17,19H2,1-3H3,(H,39,45)(H,40,41)(H,42,46)(H,43,47)/t21-,24-,26+,30-,31+/m1/s1. The predicted molar refractivity (Wildman–Crippen MR) is 180 cm³/mol. The zero-order valence-electron chi connectivity index (χ0n) is 27.6. The number of aryl methyl sites for hydroxylation is 1. The number of H-pyrrole nitrogens is 2. The number of benzene rings is 2. The number of imidazole rings is 1. The molecule has 0 spiro atoms. The quantitative estimate of drug-likeness (QED) is 0.204. The van der Waals surface area contributed by atoms with Gasteiger partial charge in [-0.25, -0.2) is 9.37 Å². The van der Waals surface area contributed by atoms with Gasteiger partial charge in [0.05, 0.1) is 11.0 Å². The number of amides is 4. The van der Waals surface area contributed by atoms with Crippen molar-refractivity contribution in [3.05, 3.63) is 65.9 Å². The fourth-order valence-corrected chi connectivity index (χ4v) is 7.03. The lowest BCUT2D eigenvalue weighted by molar-refractivity contribution is -0.141. The second-order valence-electron chi connectivity index (χ2n) is 13.8. The van der Waals surface area contributed by atoms with Crippen LogP contribution in [0, 0.1) is 17.7 Å². The van der Waals surface area contributed by atoms with Crippen LogP contribution in [0.25, 0.3) is 21.9 Å². The van der Waals surface area contributed by atoms with Crippen molar-refractivity contribution in [2.75, 3.05) is 6.54 Å². The second kappa shape index (κ2) is 14.2. The summed E-state index contributed by atoms with van der Waals surface area (Å²) in [5.41, 5.74) is 3.00. The molecule has 5 atom stereocenters. The maximum Gasteiger partial charge on any atom is 0.246 e. The Hall–Kier alpha value is -4.74. The van der Waals surface area contributed by atoms with E-state index >= 15 is 0 Å². The van der Waals surface area contributed by atoms with E-state index in [9.17, 15) is 23.6 Å². The first-order valence-corrected chi connectivity index (χ1v) is 16.9. The molecule has 12 heteroatoms. The molecule has 11 nitrogen and oxygen atoms in total. The summed E-state index contributed by atoms with van der Waals surface area (Å²) in [5, 5.41) is 10.2. The fourth-order valence-electron chi connectivity index (χ4n) is 7.03. The summed E-state index contributed by atoms with van der Waals surface area (Å²) < 4.78 is 13.6. The molecule has 48 heavy (non-hydrogen) atoms. The van der Waals surface area contributed by atoms with Gasteiger partial charge in [-0.1, -0.05) is 39.0 Å². The van der Waals surface area contributed by atoms with Crippen LogP contribution in [0.1, 0.15) is 64.3 Å². The number of rotatable bonds is 7. The highest BCUT2D eigenvalue weighted by atomic mass is 19.1. The van der Waals surface area contributed by atoms with E-state index in [2.05, 4.69) is 44.7 Å². The van der Waals surface area contributed by atoms with E-state index in [-0.39, 0.29) is 79.6 Å². The van der Waals surface area contributed by atoms with E-state index in [1.54, 1.807) is 6.07 Å². The molecule has 4 amide bonds. The van der Waals surface area contributed by atoms with E-state index in [4.69, 9.17) is 0 Å². The minimum absolute atomic E-state index is 0.0767. The van der Waals surface area contributed by atoms with E-state index in [1.807, 2.05) is 37.4 Å². The lowest BCUT2D eigenvalue weighted by Crippen LogP contribution is -2.55. The van der Waals surface area contributed by atoms with Crippen LogP contribution < -0.4 is 16.0 Å². The molecule has 5 N–H and O–H groups in total. The van der Waals surface area contributed by atoms with Gasteiger partial charge >= 0.3 is 0 Å². The highest BCUT2D eigenvalue weighted by molar-refractivity contribution is 5.94. The van der Waals surface area contributed by atoms with Crippen molar-refractivity contribution >= 4 is 45.6 Å². The summed E-state index contributed by atoms with van der Waals surface area (Å²) >= 11 is 0. The predicted octanol–water partition coefficient (Wildman–Crippen LogP) is 3.89. The number of aromatic amines is 2. The van der Waals surface area contributed by atoms with Crippen LogP contribution in [0.15, 0.2) is 48.7 Å². The van der Waals surface area contributed by atoms with Crippen molar-refractivity contribution < 1.29 is 23.6 Å². The number of hydrogen-bond acceptors (Lipinski definition) is 5. The van der Waals surface area contributed by atoms with E-state index in [0.29, 0.717) is 29.7 Å². The third kappa shape index (κ3) is 7.53. The van der Waals surface area contributed by atoms with Gasteiger partial charge in [-0.2, -0.15) is 0 Å². The largest absolute Gasteiger partial charge is 0.361 e. The normalized spacial score (nSPS) is 24.1. The van der Waals surface area contributed by atoms with Gasteiger partial charge in [-0.05, 0) is 60.9 Å². The topological polar surface area (TPSA) is 152 Å². The second-order valence-corrected chi connectivity index (χ2v) is 13.8. The molecule has 0 saturated carbocycles. The van der Waals surface area contributed by atoms with Gasteiger partial charge in [-0.15, -0.1) is 0 Å². The Kier molecular flexibility index (Phi) is 9.79. The Morgan fingerprint density at radius 1 is 1.08 bits per heavy atom. The summed E-state index contributed by atoms with van der Waals surface area (Å²) in [6.07, 6.45) is 4.54. The molecule has 0 radical (unpaired) electrons. The molecule has 0 aliphatic carbocycles. The zero-order valence-corrected chi connectivity index (χ0v) is 27.6. The molecule has 0 unspecified atom stereocenters.